The number of aryl methyl sites for hydroxylation is 2. The van der Waals surface area contributed by atoms with Crippen LogP contribution < -0.4 is 5.32 Å². The van der Waals surface area contributed by atoms with Gasteiger partial charge in [-0.2, -0.15) is 0 Å². The van der Waals surface area contributed by atoms with Crippen LogP contribution in [0.5, 0.6) is 0 Å². The second kappa shape index (κ2) is 10.8. The number of hydrogen-bond acceptors (Lipinski definition) is 4. The first-order valence-electron chi connectivity index (χ1n) is 8.57. The van der Waals surface area contributed by atoms with Crippen molar-refractivity contribution in [2.45, 2.75) is 26.4 Å². The molecule has 1 atom stereocenters. The molecule has 0 saturated carbocycles. The highest BCUT2D eigenvalue weighted by molar-refractivity contribution is 5.85. The van der Waals surface area contributed by atoms with Gasteiger partial charge in [0.25, 0.3) is 0 Å². The number of halogens is 2. The molecule has 0 radical (unpaired) electrons. The van der Waals surface area contributed by atoms with Gasteiger partial charge in [-0.05, 0) is 23.0 Å². The Labute approximate surface area is 177 Å². The molecule has 28 heavy (non-hydrogen) atoms. The van der Waals surface area contributed by atoms with Crippen LogP contribution in [0.3, 0.4) is 0 Å². The normalized spacial score (nSPS) is 11.2. The summed E-state index contributed by atoms with van der Waals surface area (Å²) in [6.07, 6.45) is 1.31. The third kappa shape index (κ3) is 5.55. The molecule has 3 rings (SSSR count). The van der Waals surface area contributed by atoms with Crippen LogP contribution in [0, 0.1) is 24.0 Å². The zero-order chi connectivity index (χ0) is 18.5. The number of nitrogens with zero attached hydrogens (tertiary/aromatic N) is 3. The molecule has 1 unspecified atom stereocenters. The lowest BCUT2D eigenvalue weighted by atomic mass is 9.98. The molecule has 1 N–H and O–H groups in total. The van der Waals surface area contributed by atoms with Crippen LogP contribution in [0.15, 0.2) is 60.8 Å². The third-order valence-electron chi connectivity index (χ3n) is 4.45. The SMILES string of the molecule is Cc1ccc(C(NCCn2c([N+](=O)[O-])cnc2C)c2ccccc2)cc1.Cl.Cl. The summed E-state index contributed by atoms with van der Waals surface area (Å²) in [5.74, 6) is 0.668. The number of rotatable bonds is 7. The quantitative estimate of drug-likeness (QED) is 0.444. The number of imidazole rings is 1. The average Bonchev–Trinajstić information content (AvgIpc) is 3.01. The van der Waals surface area contributed by atoms with E-state index in [9.17, 15) is 10.1 Å². The number of nitrogens with one attached hydrogen (secondary N) is 1. The lowest BCUT2D eigenvalue weighted by molar-refractivity contribution is -0.392. The first-order valence-corrected chi connectivity index (χ1v) is 8.57. The second-order valence-electron chi connectivity index (χ2n) is 6.28. The average molecular weight is 423 g/mol. The topological polar surface area (TPSA) is 73.0 Å². The van der Waals surface area contributed by atoms with Crippen LogP contribution >= 0.6 is 24.8 Å². The van der Waals surface area contributed by atoms with Crippen LogP contribution in [0.25, 0.3) is 0 Å². The molecule has 150 valence electrons. The minimum atomic E-state index is -0.394. The van der Waals surface area contributed by atoms with E-state index in [-0.39, 0.29) is 36.7 Å². The van der Waals surface area contributed by atoms with E-state index in [0.29, 0.717) is 18.9 Å². The lowest BCUT2D eigenvalue weighted by Gasteiger charge is -2.20. The first-order chi connectivity index (χ1) is 12.6. The van der Waals surface area contributed by atoms with Gasteiger partial charge in [-0.25, -0.2) is 9.55 Å². The Kier molecular flexibility index (Phi) is 9.12. The molecule has 2 aromatic carbocycles. The monoisotopic (exact) mass is 422 g/mol. The Morgan fingerprint density at radius 3 is 2.25 bits per heavy atom. The molecule has 0 spiro atoms. The summed E-state index contributed by atoms with van der Waals surface area (Å²) in [5.41, 5.74) is 3.54. The molecule has 0 fully saturated rings. The lowest BCUT2D eigenvalue weighted by Crippen LogP contribution is -2.26. The van der Waals surface area contributed by atoms with Crippen molar-refractivity contribution >= 4 is 30.6 Å². The minimum Gasteiger partial charge on any atom is -0.358 e. The Morgan fingerprint density at radius 2 is 1.64 bits per heavy atom. The largest absolute Gasteiger partial charge is 0.358 e. The molecule has 6 nitrogen and oxygen atoms in total. The number of benzene rings is 2. The van der Waals surface area contributed by atoms with E-state index < -0.39 is 4.92 Å². The van der Waals surface area contributed by atoms with Crippen LogP contribution in [-0.2, 0) is 6.54 Å². The molecule has 0 aliphatic heterocycles. The molecule has 1 heterocycles. The Balaban J connectivity index is 0.00000196. The summed E-state index contributed by atoms with van der Waals surface area (Å²) < 4.78 is 1.63. The van der Waals surface area contributed by atoms with E-state index in [4.69, 9.17) is 0 Å². The molecule has 0 bridgehead atoms. The van der Waals surface area contributed by atoms with Crippen molar-refractivity contribution in [3.05, 3.63) is 93.4 Å². The number of hydrogen-bond donors (Lipinski definition) is 1. The minimum absolute atomic E-state index is 0. The zero-order valence-electron chi connectivity index (χ0n) is 15.7. The van der Waals surface area contributed by atoms with Gasteiger partial charge in [0.15, 0.2) is 5.82 Å². The second-order valence-corrected chi connectivity index (χ2v) is 6.28. The first kappa shape index (κ1) is 23.6. The molecular formula is C20H24Cl2N4O2. The molecule has 0 saturated heterocycles. The van der Waals surface area contributed by atoms with Crippen molar-refractivity contribution in [2.24, 2.45) is 0 Å². The highest BCUT2D eigenvalue weighted by atomic mass is 35.5. The summed E-state index contributed by atoms with van der Waals surface area (Å²) in [4.78, 5) is 14.8. The van der Waals surface area contributed by atoms with Crippen LogP contribution in [0.4, 0.5) is 5.82 Å². The Bertz CT molecular complexity index is 883. The van der Waals surface area contributed by atoms with Crippen molar-refractivity contribution in [3.8, 4) is 0 Å². The van der Waals surface area contributed by atoms with Gasteiger partial charge in [-0.1, -0.05) is 60.2 Å². The maximum Gasteiger partial charge on any atom is 0.342 e. The molecular weight excluding hydrogens is 399 g/mol. The highest BCUT2D eigenvalue weighted by Crippen LogP contribution is 2.22. The van der Waals surface area contributed by atoms with Gasteiger partial charge in [-0.3, -0.25) is 0 Å². The third-order valence-corrected chi connectivity index (χ3v) is 4.45. The van der Waals surface area contributed by atoms with Gasteiger partial charge in [0, 0.05) is 13.5 Å². The van der Waals surface area contributed by atoms with E-state index in [2.05, 4.69) is 53.6 Å². The summed E-state index contributed by atoms with van der Waals surface area (Å²) in [7, 11) is 0. The fourth-order valence-corrected chi connectivity index (χ4v) is 3.03. The molecule has 1 aromatic heterocycles. The number of aromatic nitrogens is 2. The summed E-state index contributed by atoms with van der Waals surface area (Å²) in [6.45, 7) is 4.92. The predicted molar refractivity (Wildman–Crippen MR) is 116 cm³/mol. The van der Waals surface area contributed by atoms with Crippen LogP contribution in [-0.4, -0.2) is 21.0 Å². The summed E-state index contributed by atoms with van der Waals surface area (Å²) in [5, 5.41) is 14.7. The molecule has 8 heteroatoms. The van der Waals surface area contributed by atoms with Gasteiger partial charge in [0.05, 0.1) is 6.04 Å². The number of nitro groups is 1. The Morgan fingerprint density at radius 1 is 1.04 bits per heavy atom. The van der Waals surface area contributed by atoms with E-state index in [1.165, 1.54) is 17.3 Å². The zero-order valence-corrected chi connectivity index (χ0v) is 17.4. The van der Waals surface area contributed by atoms with Crippen molar-refractivity contribution < 1.29 is 4.92 Å². The molecule has 3 aromatic rings. The van der Waals surface area contributed by atoms with Gasteiger partial charge < -0.3 is 15.4 Å². The van der Waals surface area contributed by atoms with Crippen molar-refractivity contribution in [1.82, 2.24) is 14.9 Å². The smallest absolute Gasteiger partial charge is 0.342 e. The molecule has 0 amide bonds. The van der Waals surface area contributed by atoms with E-state index in [1.54, 1.807) is 11.5 Å². The fraction of sp³-hybridized carbons (Fsp3) is 0.250. The molecule has 0 aliphatic carbocycles. The van der Waals surface area contributed by atoms with Crippen molar-refractivity contribution in [2.75, 3.05) is 6.54 Å². The van der Waals surface area contributed by atoms with Crippen LogP contribution in [0.1, 0.15) is 28.6 Å². The highest BCUT2D eigenvalue weighted by Gasteiger charge is 2.18. The standard InChI is InChI=1S/C20H22N4O2.2ClH/c1-15-8-10-18(11-9-15)20(17-6-4-3-5-7-17)21-12-13-23-16(2)22-14-19(23)24(25)26;;/h3-11,14,20-21H,12-13H2,1-2H3;2*1H. The summed E-state index contributed by atoms with van der Waals surface area (Å²) in [6, 6.07) is 18.6. The van der Waals surface area contributed by atoms with E-state index in [1.807, 2.05) is 18.2 Å². The molecule has 0 aliphatic rings. The van der Waals surface area contributed by atoms with Gasteiger partial charge in [-0.15, -0.1) is 24.8 Å². The van der Waals surface area contributed by atoms with E-state index in [0.717, 1.165) is 5.56 Å². The van der Waals surface area contributed by atoms with Gasteiger partial charge in [0.1, 0.15) is 12.7 Å². The Hall–Kier alpha value is -2.41. The van der Waals surface area contributed by atoms with Crippen molar-refractivity contribution in [1.29, 1.82) is 0 Å². The van der Waals surface area contributed by atoms with Gasteiger partial charge in [0.2, 0.25) is 0 Å². The maximum atomic E-state index is 11.1. The van der Waals surface area contributed by atoms with E-state index >= 15 is 0 Å². The maximum absolute atomic E-state index is 11.1. The van der Waals surface area contributed by atoms with Crippen molar-refractivity contribution in [3.63, 3.8) is 0 Å². The predicted octanol–water partition coefficient (Wildman–Crippen LogP) is 4.63. The fourth-order valence-electron chi connectivity index (χ4n) is 3.03. The van der Waals surface area contributed by atoms with Crippen LogP contribution in [0.2, 0.25) is 0 Å². The summed E-state index contributed by atoms with van der Waals surface area (Å²) >= 11 is 0. The van der Waals surface area contributed by atoms with Gasteiger partial charge >= 0.3 is 5.82 Å².